The first-order chi connectivity index (χ1) is 12.6. The van der Waals surface area contributed by atoms with Gasteiger partial charge in [-0.05, 0) is 0 Å². The van der Waals surface area contributed by atoms with Crippen LogP contribution >= 0.6 is 0 Å². The molecular weight excluding hydrogens is 424 g/mol. The van der Waals surface area contributed by atoms with E-state index in [1.54, 1.807) is 20.7 Å². The Kier molecular flexibility index (Phi) is 4.37. The zero-order valence-electron chi connectivity index (χ0n) is 17.4. The molecule has 0 saturated heterocycles. The Bertz CT molecular complexity index is 1090. The van der Waals surface area contributed by atoms with E-state index in [9.17, 15) is 0 Å². The fourth-order valence-corrected chi connectivity index (χ4v) is 24.2. The van der Waals surface area contributed by atoms with Gasteiger partial charge in [0.25, 0.3) is 0 Å². The molecule has 27 heavy (non-hydrogen) atoms. The molecule has 2 atom stereocenters. The van der Waals surface area contributed by atoms with E-state index in [2.05, 4.69) is 80.2 Å². The number of fused-ring (bicyclic) bond motifs is 1. The molecule has 2 unspecified atom stereocenters. The third-order valence-corrected chi connectivity index (χ3v) is 24.5. The Hall–Kier alpha value is -1.18. The Morgan fingerprint density at radius 3 is 2.30 bits per heavy atom. The quantitative estimate of drug-likeness (QED) is 0.493. The molecule has 0 N–H and O–H groups in total. The van der Waals surface area contributed by atoms with Crippen molar-refractivity contribution in [3.05, 3.63) is 85.6 Å². The molecule has 2 aromatic rings. The summed E-state index contributed by atoms with van der Waals surface area (Å²) in [5.74, 6) is 0.585. The molecule has 1 aromatic carbocycles. The Balaban J connectivity index is 1.94. The van der Waals surface area contributed by atoms with Crippen LogP contribution in [-0.4, -0.2) is 6.88 Å². The molecule has 1 nitrogen and oxygen atoms in total. The zero-order chi connectivity index (χ0) is 19.6. The fourth-order valence-electron chi connectivity index (χ4n) is 5.65. The van der Waals surface area contributed by atoms with Crippen LogP contribution < -0.4 is 0 Å². The maximum atomic E-state index is 5.41. The zero-order valence-corrected chi connectivity index (χ0v) is 21.3. The Morgan fingerprint density at radius 2 is 1.70 bits per heavy atom. The van der Waals surface area contributed by atoms with E-state index >= 15 is 0 Å². The Labute approximate surface area is 165 Å². The monoisotopic (exact) mass is 452 g/mol. The van der Waals surface area contributed by atoms with Crippen molar-refractivity contribution >= 4 is 12.5 Å². The molecule has 140 valence electrons. The van der Waals surface area contributed by atoms with Crippen molar-refractivity contribution in [2.75, 3.05) is 0 Å². The molecular formula is C24H30OSiZr. The molecule has 0 spiro atoms. The molecule has 3 heteroatoms. The van der Waals surface area contributed by atoms with Gasteiger partial charge in [0.1, 0.15) is 0 Å². The van der Waals surface area contributed by atoms with E-state index in [0.29, 0.717) is 9.54 Å². The fraction of sp³-hybridized carbons (Fsp3) is 0.333. The number of hydrogen-bond donors (Lipinski definition) is 0. The second kappa shape index (κ2) is 6.16. The van der Waals surface area contributed by atoms with Gasteiger partial charge in [0, 0.05) is 0 Å². The molecule has 0 amide bonds. The molecule has 0 bridgehead atoms. The minimum absolute atomic E-state index is 0.539. The summed E-state index contributed by atoms with van der Waals surface area (Å²) >= 11 is -3.29. The van der Waals surface area contributed by atoms with E-state index in [1.807, 2.05) is 6.26 Å². The Morgan fingerprint density at radius 1 is 1.00 bits per heavy atom. The summed E-state index contributed by atoms with van der Waals surface area (Å²) in [6, 6.07) is 11.1. The van der Waals surface area contributed by atoms with Crippen molar-refractivity contribution in [2.45, 2.75) is 40.6 Å². The standard InChI is InChI=1S/C13H9O.C9H13.2CH3.H2Si.Zr/c1-2-4-12-10(3-1)5-6-13(12)11-7-8-14-9-11;1-6-5-7(2)9(4)8(6)3;;;;/h1-9H;6H,1-4H3;2*1H3;1H2;. The van der Waals surface area contributed by atoms with Crippen molar-refractivity contribution in [2.24, 2.45) is 5.92 Å². The van der Waals surface area contributed by atoms with Gasteiger partial charge in [0.15, 0.2) is 0 Å². The van der Waals surface area contributed by atoms with Crippen LogP contribution in [-0.2, 0) is 17.4 Å². The molecule has 1 aromatic heterocycles. The van der Waals surface area contributed by atoms with E-state index in [0.717, 1.165) is 0 Å². The van der Waals surface area contributed by atoms with Crippen LogP contribution in [0.2, 0.25) is 9.26 Å². The summed E-state index contributed by atoms with van der Waals surface area (Å²) in [5, 5.41) is 0. The molecule has 0 radical (unpaired) electrons. The average Bonchev–Trinajstić information content (AvgIpc) is 3.30. The molecule has 1 heterocycles. The van der Waals surface area contributed by atoms with Crippen LogP contribution in [0.15, 0.2) is 73.4 Å². The molecule has 4 rings (SSSR count). The first-order valence-corrected chi connectivity index (χ1v) is 23.4. The minimum atomic E-state index is -3.29. The molecule has 0 fully saturated rings. The normalized spacial score (nSPS) is 23.1. The van der Waals surface area contributed by atoms with Crippen LogP contribution in [0, 0.1) is 5.92 Å². The van der Waals surface area contributed by atoms with Gasteiger partial charge in [-0.3, -0.25) is 0 Å². The molecule has 2 aliphatic carbocycles. The SMILES string of the molecule is CC1=C(C)C(C)[C]([Zr]([CH3])([CH3])(=[SiH2])[CH]2C=C(c3ccoc3)c3ccccc32)=C1C. The van der Waals surface area contributed by atoms with Crippen LogP contribution in [0.3, 0.4) is 0 Å². The predicted molar refractivity (Wildman–Crippen MR) is 115 cm³/mol. The third kappa shape index (κ3) is 2.73. The average molecular weight is 454 g/mol. The predicted octanol–water partition coefficient (Wildman–Crippen LogP) is 6.36. The van der Waals surface area contributed by atoms with Crippen molar-refractivity contribution in [1.82, 2.24) is 0 Å². The van der Waals surface area contributed by atoms with E-state index in [1.165, 1.54) is 27.8 Å². The van der Waals surface area contributed by atoms with Crippen LogP contribution in [0.1, 0.15) is 48.0 Å². The van der Waals surface area contributed by atoms with Crippen molar-refractivity contribution in [1.29, 1.82) is 0 Å². The van der Waals surface area contributed by atoms with Gasteiger partial charge in [0.2, 0.25) is 0 Å². The topological polar surface area (TPSA) is 13.1 Å². The molecule has 0 aliphatic heterocycles. The van der Waals surface area contributed by atoms with E-state index < -0.39 is 17.4 Å². The van der Waals surface area contributed by atoms with Gasteiger partial charge in [-0.15, -0.1) is 0 Å². The first-order valence-electron chi connectivity index (χ1n) is 9.92. The number of hydrogen-bond acceptors (Lipinski definition) is 1. The van der Waals surface area contributed by atoms with Gasteiger partial charge in [0.05, 0.1) is 0 Å². The van der Waals surface area contributed by atoms with Gasteiger partial charge in [-0.25, -0.2) is 0 Å². The summed E-state index contributed by atoms with van der Waals surface area (Å²) in [7, 11) is 0. The van der Waals surface area contributed by atoms with E-state index in [-0.39, 0.29) is 0 Å². The first kappa shape index (κ1) is 19.2. The van der Waals surface area contributed by atoms with Gasteiger partial charge in [-0.1, -0.05) is 0 Å². The second-order valence-electron chi connectivity index (χ2n) is 9.54. The van der Waals surface area contributed by atoms with Crippen molar-refractivity contribution < 1.29 is 21.8 Å². The number of furan rings is 1. The van der Waals surface area contributed by atoms with Crippen molar-refractivity contribution in [3.63, 3.8) is 0 Å². The van der Waals surface area contributed by atoms with Crippen LogP contribution in [0.5, 0.6) is 0 Å². The number of benzene rings is 1. The van der Waals surface area contributed by atoms with Crippen LogP contribution in [0.4, 0.5) is 0 Å². The summed E-state index contributed by atoms with van der Waals surface area (Å²) < 4.78 is 13.1. The summed E-state index contributed by atoms with van der Waals surface area (Å²) in [5.41, 5.74) is 10.1. The number of allylic oxidation sites excluding steroid dienone is 5. The van der Waals surface area contributed by atoms with Crippen molar-refractivity contribution in [3.8, 4) is 0 Å². The summed E-state index contributed by atoms with van der Waals surface area (Å²) in [6.07, 6.45) is 6.24. The summed E-state index contributed by atoms with van der Waals surface area (Å²) in [6.45, 7) is 11.8. The van der Waals surface area contributed by atoms with Gasteiger partial charge >= 0.3 is 166 Å². The third-order valence-electron chi connectivity index (χ3n) is 7.27. The van der Waals surface area contributed by atoms with E-state index in [4.69, 9.17) is 4.42 Å². The molecule has 0 saturated carbocycles. The maximum absolute atomic E-state index is 5.41. The van der Waals surface area contributed by atoms with Gasteiger partial charge < -0.3 is 0 Å². The number of rotatable bonds is 3. The van der Waals surface area contributed by atoms with Crippen LogP contribution in [0.25, 0.3) is 5.57 Å². The summed E-state index contributed by atoms with van der Waals surface area (Å²) in [4.78, 5) is 0. The second-order valence-corrected chi connectivity index (χ2v) is 39.1. The molecule has 2 aliphatic rings. The van der Waals surface area contributed by atoms with Gasteiger partial charge in [-0.2, -0.15) is 0 Å².